The van der Waals surface area contributed by atoms with Crippen molar-refractivity contribution in [2.24, 2.45) is 5.92 Å². The summed E-state index contributed by atoms with van der Waals surface area (Å²) in [5.41, 5.74) is 0.220. The molecule has 0 heterocycles. The lowest BCUT2D eigenvalue weighted by atomic mass is 9.79. The van der Waals surface area contributed by atoms with Gasteiger partial charge >= 0.3 is 0 Å². The number of hydrogen-bond donors (Lipinski definition) is 1. The fourth-order valence-corrected chi connectivity index (χ4v) is 2.79. The normalized spacial score (nSPS) is 21.3. The maximum Gasteiger partial charge on any atom is 0.248 e. The Morgan fingerprint density at radius 2 is 1.84 bits per heavy atom. The van der Waals surface area contributed by atoms with E-state index < -0.39 is 23.6 Å². The maximum atomic E-state index is 13.8. The molecule has 0 saturated heterocycles. The van der Waals surface area contributed by atoms with Gasteiger partial charge in [0.2, 0.25) is 5.92 Å². The first-order chi connectivity index (χ1) is 8.93. The first-order valence-electron chi connectivity index (χ1n) is 6.43. The fraction of sp³-hybridized carbons (Fsp3) is 0.571. The van der Waals surface area contributed by atoms with E-state index in [1.54, 1.807) is 7.05 Å². The highest BCUT2D eigenvalue weighted by atomic mass is 19.3. The molecular formula is C14H17F4N. The molecule has 1 fully saturated rings. The number of hydrogen-bond acceptors (Lipinski definition) is 1. The van der Waals surface area contributed by atoms with E-state index in [0.29, 0.717) is 12.8 Å². The van der Waals surface area contributed by atoms with Gasteiger partial charge in [-0.3, -0.25) is 0 Å². The summed E-state index contributed by atoms with van der Waals surface area (Å²) < 4.78 is 53.3. The van der Waals surface area contributed by atoms with Gasteiger partial charge in [-0.2, -0.15) is 0 Å². The molecular weight excluding hydrogens is 258 g/mol. The number of halogens is 4. The summed E-state index contributed by atoms with van der Waals surface area (Å²) in [6, 6.07) is 2.85. The lowest BCUT2D eigenvalue weighted by Crippen LogP contribution is -2.33. The van der Waals surface area contributed by atoms with Crippen molar-refractivity contribution in [3.63, 3.8) is 0 Å². The Bertz CT molecular complexity index is 437. The minimum Gasteiger partial charge on any atom is -0.313 e. The number of rotatable bonds is 3. The topological polar surface area (TPSA) is 12.0 Å². The van der Waals surface area contributed by atoms with E-state index in [4.69, 9.17) is 0 Å². The second-order valence-electron chi connectivity index (χ2n) is 5.13. The van der Waals surface area contributed by atoms with Crippen LogP contribution in [0.15, 0.2) is 18.2 Å². The van der Waals surface area contributed by atoms with Crippen LogP contribution in [-0.4, -0.2) is 13.0 Å². The first kappa shape index (κ1) is 14.3. The summed E-state index contributed by atoms with van der Waals surface area (Å²) in [7, 11) is 1.64. The highest BCUT2D eigenvalue weighted by Gasteiger charge is 2.38. The molecule has 5 heteroatoms. The van der Waals surface area contributed by atoms with Gasteiger partial charge < -0.3 is 5.32 Å². The van der Waals surface area contributed by atoms with Crippen LogP contribution >= 0.6 is 0 Å². The van der Waals surface area contributed by atoms with Gasteiger partial charge in [-0.1, -0.05) is 0 Å². The van der Waals surface area contributed by atoms with Crippen molar-refractivity contribution in [3.05, 3.63) is 35.4 Å². The molecule has 1 aromatic rings. The standard InChI is InChI=1S/C14H17F4N/c1-19-13(9-4-6-14(17,18)7-5-9)11-8-10(15)2-3-12(11)16/h2-3,8-9,13,19H,4-7H2,1H3. The highest BCUT2D eigenvalue weighted by molar-refractivity contribution is 5.23. The molecule has 1 nitrogen and oxygen atoms in total. The van der Waals surface area contributed by atoms with E-state index >= 15 is 0 Å². The Morgan fingerprint density at radius 3 is 2.42 bits per heavy atom. The van der Waals surface area contributed by atoms with Gasteiger partial charge in [0.05, 0.1) is 0 Å². The van der Waals surface area contributed by atoms with Crippen LogP contribution in [0.4, 0.5) is 17.6 Å². The molecule has 0 amide bonds. The average molecular weight is 275 g/mol. The predicted octanol–water partition coefficient (Wildman–Crippen LogP) is 4.05. The summed E-state index contributed by atoms with van der Waals surface area (Å²) in [5.74, 6) is -3.73. The van der Waals surface area contributed by atoms with E-state index in [1.807, 2.05) is 0 Å². The molecule has 1 aliphatic rings. The van der Waals surface area contributed by atoms with Gasteiger partial charge in [0.15, 0.2) is 0 Å². The Balaban J connectivity index is 2.18. The van der Waals surface area contributed by atoms with Crippen LogP contribution in [0.2, 0.25) is 0 Å². The van der Waals surface area contributed by atoms with Crippen LogP contribution in [0.3, 0.4) is 0 Å². The lowest BCUT2D eigenvalue weighted by molar-refractivity contribution is -0.0496. The molecule has 1 atom stereocenters. The van der Waals surface area contributed by atoms with Crippen LogP contribution in [-0.2, 0) is 0 Å². The predicted molar refractivity (Wildman–Crippen MR) is 65.1 cm³/mol. The third-order valence-corrected chi connectivity index (χ3v) is 3.84. The van der Waals surface area contributed by atoms with Gasteiger partial charge in [-0.15, -0.1) is 0 Å². The van der Waals surface area contributed by atoms with E-state index in [9.17, 15) is 17.6 Å². The third-order valence-electron chi connectivity index (χ3n) is 3.84. The van der Waals surface area contributed by atoms with Gasteiger partial charge in [-0.25, -0.2) is 17.6 Å². The first-order valence-corrected chi connectivity index (χ1v) is 6.43. The number of alkyl halides is 2. The molecule has 106 valence electrons. The summed E-state index contributed by atoms with van der Waals surface area (Å²) in [6.07, 6.45) is 0.252. The lowest BCUT2D eigenvalue weighted by Gasteiger charge is -2.34. The molecule has 0 radical (unpaired) electrons. The summed E-state index contributed by atoms with van der Waals surface area (Å²) in [6.45, 7) is 0. The minimum atomic E-state index is -2.62. The Morgan fingerprint density at radius 1 is 1.21 bits per heavy atom. The third kappa shape index (κ3) is 3.26. The van der Waals surface area contributed by atoms with Crippen LogP contribution < -0.4 is 5.32 Å². The zero-order valence-corrected chi connectivity index (χ0v) is 10.7. The van der Waals surface area contributed by atoms with Crippen molar-refractivity contribution in [3.8, 4) is 0 Å². The van der Waals surface area contributed by atoms with Gasteiger partial charge in [0, 0.05) is 24.4 Å². The van der Waals surface area contributed by atoms with Crippen molar-refractivity contribution in [1.29, 1.82) is 0 Å². The van der Waals surface area contributed by atoms with Crippen LogP contribution in [0.5, 0.6) is 0 Å². The SMILES string of the molecule is CNC(c1cc(F)ccc1F)C1CCC(F)(F)CC1. The summed E-state index contributed by atoms with van der Waals surface area (Å²) >= 11 is 0. The van der Waals surface area contributed by atoms with E-state index in [1.165, 1.54) is 0 Å². The minimum absolute atomic E-state index is 0.0964. The summed E-state index contributed by atoms with van der Waals surface area (Å²) in [5, 5.41) is 2.93. The highest BCUT2D eigenvalue weighted by Crippen LogP contribution is 2.41. The van der Waals surface area contributed by atoms with E-state index in [-0.39, 0.29) is 24.3 Å². The Labute approximate surface area is 110 Å². The molecule has 0 bridgehead atoms. The smallest absolute Gasteiger partial charge is 0.248 e. The average Bonchev–Trinajstić information content (AvgIpc) is 2.36. The molecule has 1 saturated carbocycles. The van der Waals surface area contributed by atoms with Crippen molar-refractivity contribution in [2.75, 3.05) is 7.05 Å². The maximum absolute atomic E-state index is 13.8. The van der Waals surface area contributed by atoms with Crippen molar-refractivity contribution < 1.29 is 17.6 Å². The second kappa shape index (κ2) is 5.49. The van der Waals surface area contributed by atoms with Crippen molar-refractivity contribution >= 4 is 0 Å². The number of benzene rings is 1. The van der Waals surface area contributed by atoms with Crippen LogP contribution in [0.1, 0.15) is 37.3 Å². The molecule has 1 unspecified atom stereocenters. The van der Waals surface area contributed by atoms with Gasteiger partial charge in [-0.05, 0) is 44.0 Å². The van der Waals surface area contributed by atoms with Crippen molar-refractivity contribution in [2.45, 2.75) is 37.6 Å². The molecule has 1 aliphatic carbocycles. The molecule has 2 rings (SSSR count). The molecule has 1 N–H and O–H groups in total. The second-order valence-corrected chi connectivity index (χ2v) is 5.13. The van der Waals surface area contributed by atoms with E-state index in [0.717, 1.165) is 18.2 Å². The van der Waals surface area contributed by atoms with Gasteiger partial charge in [0.25, 0.3) is 0 Å². The van der Waals surface area contributed by atoms with Crippen LogP contribution in [0, 0.1) is 17.6 Å². The largest absolute Gasteiger partial charge is 0.313 e. The molecule has 0 aliphatic heterocycles. The summed E-state index contributed by atoms with van der Waals surface area (Å²) in [4.78, 5) is 0. The number of nitrogens with one attached hydrogen (secondary N) is 1. The molecule has 19 heavy (non-hydrogen) atoms. The van der Waals surface area contributed by atoms with Gasteiger partial charge in [0.1, 0.15) is 11.6 Å². The molecule has 0 spiro atoms. The Kier molecular flexibility index (Phi) is 4.13. The zero-order chi connectivity index (χ0) is 14.0. The zero-order valence-electron chi connectivity index (χ0n) is 10.7. The quantitative estimate of drug-likeness (QED) is 0.821. The molecule has 0 aromatic heterocycles. The fourth-order valence-electron chi connectivity index (χ4n) is 2.79. The van der Waals surface area contributed by atoms with E-state index in [2.05, 4.69) is 5.32 Å². The molecule has 1 aromatic carbocycles. The Hall–Kier alpha value is -1.10. The van der Waals surface area contributed by atoms with Crippen molar-refractivity contribution in [1.82, 2.24) is 5.32 Å². The monoisotopic (exact) mass is 275 g/mol. The van der Waals surface area contributed by atoms with Crippen LogP contribution in [0.25, 0.3) is 0 Å².